The zero-order chi connectivity index (χ0) is 17.0. The molecule has 2 N–H and O–H groups in total. The molecule has 8 heteroatoms. The Balaban J connectivity index is 1.98. The van der Waals surface area contributed by atoms with Crippen LogP contribution in [-0.2, 0) is 14.6 Å². The fourth-order valence-electron chi connectivity index (χ4n) is 2.45. The number of benzene rings is 1. The molecule has 1 aliphatic heterocycles. The molecule has 0 spiro atoms. The van der Waals surface area contributed by atoms with Crippen LogP contribution in [0, 0.1) is 0 Å². The molecule has 0 aliphatic carbocycles. The van der Waals surface area contributed by atoms with Crippen LogP contribution in [0.3, 0.4) is 0 Å². The van der Waals surface area contributed by atoms with Crippen molar-refractivity contribution in [2.24, 2.45) is 0 Å². The molecule has 0 saturated carbocycles. The number of nitrogens with one attached hydrogen (secondary N) is 2. The smallest absolute Gasteiger partial charge is 0.242 e. The number of sulfone groups is 1. The van der Waals surface area contributed by atoms with Crippen molar-refractivity contribution in [1.82, 2.24) is 5.32 Å². The Morgan fingerprint density at radius 2 is 2.04 bits per heavy atom. The molecule has 2 rings (SSSR count). The van der Waals surface area contributed by atoms with Gasteiger partial charge in [0, 0.05) is 12.1 Å². The van der Waals surface area contributed by atoms with Gasteiger partial charge >= 0.3 is 0 Å². The Bertz CT molecular complexity index is 674. The molecule has 0 bridgehead atoms. The number of rotatable bonds is 6. The van der Waals surface area contributed by atoms with Gasteiger partial charge in [0.2, 0.25) is 5.91 Å². The van der Waals surface area contributed by atoms with Crippen LogP contribution in [0.4, 0.5) is 5.69 Å². The van der Waals surface area contributed by atoms with Gasteiger partial charge in [0.1, 0.15) is 17.5 Å². The van der Waals surface area contributed by atoms with Crippen molar-refractivity contribution in [3.05, 3.63) is 18.2 Å². The van der Waals surface area contributed by atoms with Gasteiger partial charge < -0.3 is 20.1 Å². The summed E-state index contributed by atoms with van der Waals surface area (Å²) < 4.78 is 33.3. The van der Waals surface area contributed by atoms with E-state index < -0.39 is 15.9 Å². The van der Waals surface area contributed by atoms with Crippen LogP contribution in [-0.4, -0.2) is 52.1 Å². The summed E-state index contributed by atoms with van der Waals surface area (Å²) in [6.07, 6.45) is 0.465. The third-order valence-corrected chi connectivity index (χ3v) is 5.52. The molecule has 2 atom stereocenters. The Morgan fingerprint density at radius 3 is 2.61 bits per heavy atom. The molecule has 1 heterocycles. The molecule has 1 aromatic rings. The second-order valence-corrected chi connectivity index (χ2v) is 7.77. The lowest BCUT2D eigenvalue weighted by atomic mass is 10.2. The lowest BCUT2D eigenvalue weighted by Gasteiger charge is -2.19. The first-order valence-electron chi connectivity index (χ1n) is 7.34. The van der Waals surface area contributed by atoms with Crippen LogP contribution in [0.1, 0.15) is 13.3 Å². The van der Waals surface area contributed by atoms with Gasteiger partial charge in [-0.3, -0.25) is 4.79 Å². The first-order chi connectivity index (χ1) is 10.8. The summed E-state index contributed by atoms with van der Waals surface area (Å²) in [4.78, 5) is 12.2. The summed E-state index contributed by atoms with van der Waals surface area (Å²) in [5.41, 5.74) is 0.662. The van der Waals surface area contributed by atoms with Gasteiger partial charge in [-0.25, -0.2) is 8.42 Å². The highest BCUT2D eigenvalue weighted by Gasteiger charge is 2.30. The van der Waals surface area contributed by atoms with Crippen molar-refractivity contribution in [2.45, 2.75) is 25.4 Å². The van der Waals surface area contributed by atoms with Crippen LogP contribution >= 0.6 is 0 Å². The largest absolute Gasteiger partial charge is 0.497 e. The molecule has 1 aromatic carbocycles. The maximum absolute atomic E-state index is 12.2. The fraction of sp³-hybridized carbons (Fsp3) is 0.533. The zero-order valence-electron chi connectivity index (χ0n) is 13.5. The topological polar surface area (TPSA) is 93.7 Å². The minimum atomic E-state index is -3.01. The van der Waals surface area contributed by atoms with Crippen molar-refractivity contribution >= 4 is 21.4 Å². The highest BCUT2D eigenvalue weighted by Crippen LogP contribution is 2.29. The minimum absolute atomic E-state index is 0.0112. The zero-order valence-corrected chi connectivity index (χ0v) is 14.3. The van der Waals surface area contributed by atoms with E-state index in [4.69, 9.17) is 9.47 Å². The van der Waals surface area contributed by atoms with E-state index in [0.29, 0.717) is 23.6 Å². The molecule has 23 heavy (non-hydrogen) atoms. The van der Waals surface area contributed by atoms with Gasteiger partial charge in [-0.15, -0.1) is 0 Å². The lowest BCUT2D eigenvalue weighted by Crippen LogP contribution is -2.43. The first kappa shape index (κ1) is 17.4. The van der Waals surface area contributed by atoms with Crippen LogP contribution in [0.15, 0.2) is 18.2 Å². The standard InChI is InChI=1S/C15H22N2O5S/c1-10(15(18)17-11-6-7-23(19,20)9-11)16-13-5-4-12(21-2)8-14(13)22-3/h4-5,8,10-11,16H,6-7,9H2,1-3H3,(H,17,18)/t10-,11+/m1/s1. The number of amides is 1. The Labute approximate surface area is 136 Å². The summed E-state index contributed by atoms with van der Waals surface area (Å²) >= 11 is 0. The molecule has 0 unspecified atom stereocenters. The molecule has 0 radical (unpaired) electrons. The summed E-state index contributed by atoms with van der Waals surface area (Å²) in [5, 5.41) is 5.83. The van der Waals surface area contributed by atoms with Crippen molar-refractivity contribution in [2.75, 3.05) is 31.0 Å². The molecular formula is C15H22N2O5S. The van der Waals surface area contributed by atoms with Crippen LogP contribution < -0.4 is 20.1 Å². The number of hydrogen-bond acceptors (Lipinski definition) is 6. The average Bonchev–Trinajstić information content (AvgIpc) is 2.86. The normalized spacial score (nSPS) is 20.6. The second kappa shape index (κ2) is 7.08. The van der Waals surface area contributed by atoms with Crippen LogP contribution in [0.5, 0.6) is 11.5 Å². The summed E-state index contributed by atoms with van der Waals surface area (Å²) in [7, 11) is 0.0858. The molecule has 1 fully saturated rings. The quantitative estimate of drug-likeness (QED) is 0.794. The number of anilines is 1. The van der Waals surface area contributed by atoms with Crippen molar-refractivity contribution < 1.29 is 22.7 Å². The number of methoxy groups -OCH3 is 2. The summed E-state index contributed by atoms with van der Waals surface area (Å²) in [5.74, 6) is 1.11. The van der Waals surface area contributed by atoms with E-state index in [1.807, 2.05) is 0 Å². The number of hydrogen-bond donors (Lipinski definition) is 2. The van der Waals surface area contributed by atoms with Gasteiger partial charge in [0.15, 0.2) is 9.84 Å². The van der Waals surface area contributed by atoms with Crippen LogP contribution in [0.2, 0.25) is 0 Å². The fourth-order valence-corrected chi connectivity index (χ4v) is 4.12. The Hall–Kier alpha value is -1.96. The number of carbonyl (C=O) groups is 1. The second-order valence-electron chi connectivity index (χ2n) is 5.54. The van der Waals surface area contributed by atoms with Gasteiger partial charge in [0.25, 0.3) is 0 Å². The maximum Gasteiger partial charge on any atom is 0.242 e. The highest BCUT2D eigenvalue weighted by molar-refractivity contribution is 7.91. The number of carbonyl (C=O) groups excluding carboxylic acids is 1. The highest BCUT2D eigenvalue weighted by atomic mass is 32.2. The number of ether oxygens (including phenoxy) is 2. The molecule has 1 aliphatic rings. The Morgan fingerprint density at radius 1 is 1.30 bits per heavy atom. The molecular weight excluding hydrogens is 320 g/mol. The van der Waals surface area contributed by atoms with Crippen molar-refractivity contribution in [3.63, 3.8) is 0 Å². The van der Waals surface area contributed by atoms with Crippen LogP contribution in [0.25, 0.3) is 0 Å². The lowest BCUT2D eigenvalue weighted by molar-refractivity contribution is -0.122. The average molecular weight is 342 g/mol. The SMILES string of the molecule is COc1ccc(N[C@H](C)C(=O)N[C@H]2CCS(=O)(=O)C2)c(OC)c1. The molecule has 1 amide bonds. The third kappa shape index (κ3) is 4.51. The van der Waals surface area contributed by atoms with Gasteiger partial charge in [-0.05, 0) is 25.5 Å². The van der Waals surface area contributed by atoms with Gasteiger partial charge in [-0.2, -0.15) is 0 Å². The van der Waals surface area contributed by atoms with E-state index in [1.165, 1.54) is 7.11 Å². The predicted octanol–water partition coefficient (Wildman–Crippen LogP) is 0.808. The monoisotopic (exact) mass is 342 g/mol. The van der Waals surface area contributed by atoms with Gasteiger partial charge in [0.05, 0.1) is 31.4 Å². The van der Waals surface area contributed by atoms with E-state index in [1.54, 1.807) is 32.2 Å². The molecule has 128 valence electrons. The molecule has 7 nitrogen and oxygen atoms in total. The van der Waals surface area contributed by atoms with Crippen molar-refractivity contribution in [3.8, 4) is 11.5 Å². The summed E-state index contributed by atoms with van der Waals surface area (Å²) in [6.45, 7) is 1.71. The Kier molecular flexibility index (Phi) is 5.35. The van der Waals surface area contributed by atoms with Crippen molar-refractivity contribution in [1.29, 1.82) is 0 Å². The van der Waals surface area contributed by atoms with E-state index in [0.717, 1.165) is 0 Å². The minimum Gasteiger partial charge on any atom is -0.497 e. The van der Waals surface area contributed by atoms with Gasteiger partial charge in [-0.1, -0.05) is 0 Å². The summed E-state index contributed by atoms with van der Waals surface area (Å²) in [6, 6.07) is 4.41. The van der Waals surface area contributed by atoms with E-state index in [9.17, 15) is 13.2 Å². The van der Waals surface area contributed by atoms with E-state index >= 15 is 0 Å². The molecule has 1 saturated heterocycles. The first-order valence-corrected chi connectivity index (χ1v) is 9.16. The third-order valence-electron chi connectivity index (χ3n) is 3.75. The van der Waals surface area contributed by atoms with E-state index in [2.05, 4.69) is 10.6 Å². The predicted molar refractivity (Wildman–Crippen MR) is 87.8 cm³/mol. The molecule has 0 aromatic heterocycles. The van der Waals surface area contributed by atoms with E-state index in [-0.39, 0.29) is 23.5 Å². The maximum atomic E-state index is 12.2.